The van der Waals surface area contributed by atoms with E-state index >= 15 is 0 Å². The number of carbonyl (C=O) groups excluding carboxylic acids is 1. The van der Waals surface area contributed by atoms with E-state index in [2.05, 4.69) is 15.5 Å². The molecular formula is C15H26N3O3P. The van der Waals surface area contributed by atoms with Crippen LogP contribution >= 0.6 is 7.44 Å². The summed E-state index contributed by atoms with van der Waals surface area (Å²) in [7, 11) is -2.89. The molecule has 1 aromatic carbocycles. The second-order valence-corrected chi connectivity index (χ2v) is 8.02. The Kier molecular flexibility index (Phi) is 7.59. The number of nitrogens with one attached hydrogen (secondary N) is 3. The Hall–Kier alpha value is -1.36. The maximum atomic E-state index is 12.7. The van der Waals surface area contributed by atoms with Crippen molar-refractivity contribution >= 4 is 13.5 Å². The van der Waals surface area contributed by atoms with Crippen molar-refractivity contribution in [3.05, 3.63) is 35.9 Å². The van der Waals surface area contributed by atoms with E-state index < -0.39 is 13.5 Å². The molecule has 0 saturated carbocycles. The summed E-state index contributed by atoms with van der Waals surface area (Å²) in [6, 6.07) is 9.49. The molecule has 0 heterocycles. The molecule has 124 valence electrons. The van der Waals surface area contributed by atoms with Crippen LogP contribution in [0.25, 0.3) is 0 Å². The van der Waals surface area contributed by atoms with Crippen LogP contribution in [0, 0.1) is 0 Å². The summed E-state index contributed by atoms with van der Waals surface area (Å²) in [6.07, 6.45) is -0.586. The maximum absolute atomic E-state index is 12.7. The quantitative estimate of drug-likeness (QED) is 0.640. The second kappa shape index (κ2) is 8.93. The third kappa shape index (κ3) is 7.59. The summed E-state index contributed by atoms with van der Waals surface area (Å²) in [6.45, 7) is 7.81. The topological polar surface area (TPSA) is 79.5 Å². The first-order valence-corrected chi connectivity index (χ1v) is 9.29. The van der Waals surface area contributed by atoms with Gasteiger partial charge in [0.15, 0.2) is 0 Å². The molecular weight excluding hydrogens is 301 g/mol. The lowest BCUT2D eigenvalue weighted by Gasteiger charge is -2.25. The van der Waals surface area contributed by atoms with Crippen molar-refractivity contribution in [1.29, 1.82) is 0 Å². The van der Waals surface area contributed by atoms with Crippen molar-refractivity contribution in [3.63, 3.8) is 0 Å². The van der Waals surface area contributed by atoms with Crippen LogP contribution in [-0.2, 0) is 15.9 Å². The number of benzene rings is 1. The Morgan fingerprint density at radius 1 is 1.09 bits per heavy atom. The summed E-state index contributed by atoms with van der Waals surface area (Å²) in [4.78, 5) is 11.7. The van der Waals surface area contributed by atoms with E-state index in [4.69, 9.17) is 4.74 Å². The van der Waals surface area contributed by atoms with E-state index in [1.807, 2.05) is 58.0 Å². The van der Waals surface area contributed by atoms with Gasteiger partial charge in [0, 0.05) is 12.1 Å². The van der Waals surface area contributed by atoms with Gasteiger partial charge in [-0.05, 0) is 33.3 Å². The number of hydrogen-bond acceptors (Lipinski definition) is 3. The number of amides is 1. The molecule has 0 aliphatic rings. The van der Waals surface area contributed by atoms with Gasteiger partial charge in [0.25, 0.3) is 0 Å². The second-order valence-electron chi connectivity index (χ2n) is 5.70. The molecule has 0 saturated heterocycles. The summed E-state index contributed by atoms with van der Waals surface area (Å²) >= 11 is 0. The molecule has 1 rings (SSSR count). The van der Waals surface area contributed by atoms with Gasteiger partial charge in [0.2, 0.25) is 7.44 Å². The van der Waals surface area contributed by atoms with Crippen LogP contribution in [0.4, 0.5) is 4.79 Å². The first-order chi connectivity index (χ1) is 10.3. The molecule has 0 radical (unpaired) electrons. The zero-order valence-electron chi connectivity index (χ0n) is 13.6. The lowest BCUT2D eigenvalue weighted by Crippen LogP contribution is -2.38. The minimum atomic E-state index is -2.89. The summed E-state index contributed by atoms with van der Waals surface area (Å²) in [5.74, 6) is 0. The fourth-order valence-electron chi connectivity index (χ4n) is 1.91. The molecule has 22 heavy (non-hydrogen) atoms. The largest absolute Gasteiger partial charge is 0.445 e. The SMILES string of the molecule is CC(C)NP(=O)(CNC(=O)OCc1ccccc1)NC(C)C. The van der Waals surface area contributed by atoms with Gasteiger partial charge in [-0.1, -0.05) is 30.3 Å². The van der Waals surface area contributed by atoms with Gasteiger partial charge in [0.1, 0.15) is 12.9 Å². The Bertz CT molecular complexity index is 492. The van der Waals surface area contributed by atoms with Crippen molar-refractivity contribution in [2.75, 3.05) is 6.29 Å². The summed E-state index contributed by atoms with van der Waals surface area (Å²) in [5, 5.41) is 8.54. The standard InChI is InChI=1S/C15H26N3O3P/c1-12(2)17-22(20,18-13(3)4)11-16-15(19)21-10-14-8-6-5-7-9-14/h5-9,12-13H,10-11H2,1-4H3,(H,16,19)(H2,17,18,20). The lowest BCUT2D eigenvalue weighted by atomic mass is 10.2. The minimum Gasteiger partial charge on any atom is -0.445 e. The van der Waals surface area contributed by atoms with Crippen LogP contribution in [-0.4, -0.2) is 24.5 Å². The molecule has 0 aliphatic heterocycles. The average molecular weight is 327 g/mol. The average Bonchev–Trinajstić information content (AvgIpc) is 2.42. The molecule has 0 bridgehead atoms. The maximum Gasteiger partial charge on any atom is 0.407 e. The first kappa shape index (κ1) is 18.7. The molecule has 1 aromatic rings. The Morgan fingerprint density at radius 3 is 2.14 bits per heavy atom. The van der Waals surface area contributed by atoms with Gasteiger partial charge in [-0.2, -0.15) is 0 Å². The van der Waals surface area contributed by atoms with Crippen LogP contribution in [0.5, 0.6) is 0 Å². The molecule has 0 unspecified atom stereocenters. The molecule has 0 spiro atoms. The van der Waals surface area contributed by atoms with Crippen molar-refractivity contribution in [3.8, 4) is 0 Å². The molecule has 1 amide bonds. The predicted molar refractivity (Wildman–Crippen MR) is 88.8 cm³/mol. The van der Waals surface area contributed by atoms with E-state index in [1.165, 1.54) is 0 Å². The third-order valence-electron chi connectivity index (χ3n) is 2.59. The van der Waals surface area contributed by atoms with Crippen molar-refractivity contribution in [2.45, 2.75) is 46.4 Å². The molecule has 7 heteroatoms. The van der Waals surface area contributed by atoms with Gasteiger partial charge >= 0.3 is 6.09 Å². The van der Waals surface area contributed by atoms with Gasteiger partial charge in [-0.3, -0.25) is 14.7 Å². The van der Waals surface area contributed by atoms with Crippen LogP contribution in [0.15, 0.2) is 30.3 Å². The monoisotopic (exact) mass is 327 g/mol. The summed E-state index contributed by atoms with van der Waals surface area (Å²) < 4.78 is 17.8. The van der Waals surface area contributed by atoms with Crippen molar-refractivity contribution in [1.82, 2.24) is 15.5 Å². The van der Waals surface area contributed by atoms with E-state index in [9.17, 15) is 9.36 Å². The van der Waals surface area contributed by atoms with Crippen molar-refractivity contribution < 1.29 is 14.1 Å². The molecule has 0 aromatic heterocycles. The number of alkyl carbamates (subject to hydrolysis) is 1. The highest BCUT2D eigenvalue weighted by molar-refractivity contribution is 7.59. The van der Waals surface area contributed by atoms with Crippen LogP contribution < -0.4 is 15.5 Å². The molecule has 6 nitrogen and oxygen atoms in total. The fraction of sp³-hybridized carbons (Fsp3) is 0.533. The predicted octanol–water partition coefficient (Wildman–Crippen LogP) is 3.06. The highest BCUT2D eigenvalue weighted by atomic mass is 31.2. The Labute approximate surface area is 132 Å². The zero-order chi connectivity index (χ0) is 16.6. The van der Waals surface area contributed by atoms with E-state index in [0.717, 1.165) is 5.56 Å². The van der Waals surface area contributed by atoms with Gasteiger partial charge in [-0.15, -0.1) is 0 Å². The van der Waals surface area contributed by atoms with Gasteiger partial charge in [0.05, 0.1) is 0 Å². The Morgan fingerprint density at radius 2 is 1.64 bits per heavy atom. The fourth-order valence-corrected chi connectivity index (χ4v) is 4.19. The highest BCUT2D eigenvalue weighted by Gasteiger charge is 2.24. The molecule has 0 fully saturated rings. The number of hydrogen-bond donors (Lipinski definition) is 3. The van der Waals surface area contributed by atoms with E-state index in [0.29, 0.717) is 0 Å². The third-order valence-corrected chi connectivity index (χ3v) is 5.06. The molecule has 3 N–H and O–H groups in total. The number of carbonyl (C=O) groups is 1. The molecule has 0 aliphatic carbocycles. The Balaban J connectivity index is 2.46. The zero-order valence-corrected chi connectivity index (χ0v) is 14.5. The number of rotatable bonds is 8. The lowest BCUT2D eigenvalue weighted by molar-refractivity contribution is 0.141. The van der Waals surface area contributed by atoms with Crippen LogP contribution in [0.3, 0.4) is 0 Å². The minimum absolute atomic E-state index is 0.00299. The highest BCUT2D eigenvalue weighted by Crippen LogP contribution is 2.35. The smallest absolute Gasteiger partial charge is 0.407 e. The van der Waals surface area contributed by atoms with Gasteiger partial charge in [-0.25, -0.2) is 4.79 Å². The summed E-state index contributed by atoms with van der Waals surface area (Å²) in [5.41, 5.74) is 0.904. The van der Waals surface area contributed by atoms with Crippen LogP contribution in [0.1, 0.15) is 33.3 Å². The normalized spacial score (nSPS) is 11.7. The molecule has 0 atom stereocenters. The van der Waals surface area contributed by atoms with Crippen LogP contribution in [0.2, 0.25) is 0 Å². The van der Waals surface area contributed by atoms with E-state index in [1.54, 1.807) is 0 Å². The van der Waals surface area contributed by atoms with E-state index in [-0.39, 0.29) is 25.0 Å². The van der Waals surface area contributed by atoms with Gasteiger partial charge < -0.3 is 10.1 Å². The number of ether oxygens (including phenoxy) is 1. The van der Waals surface area contributed by atoms with Crippen molar-refractivity contribution in [2.24, 2.45) is 0 Å². The first-order valence-electron chi connectivity index (χ1n) is 7.40.